The van der Waals surface area contributed by atoms with Crippen molar-refractivity contribution in [3.8, 4) is 0 Å². The van der Waals surface area contributed by atoms with E-state index in [1.807, 2.05) is 60.7 Å². The Bertz CT molecular complexity index is 988. The molecule has 0 spiro atoms. The summed E-state index contributed by atoms with van der Waals surface area (Å²) in [6.45, 7) is 3.86. The lowest BCUT2D eigenvalue weighted by Crippen LogP contribution is -2.48. The lowest BCUT2D eigenvalue weighted by atomic mass is 9.98. The molecule has 1 N–H and O–H groups in total. The predicted molar refractivity (Wildman–Crippen MR) is 134 cm³/mol. The predicted octanol–water partition coefficient (Wildman–Crippen LogP) is 5.54. The zero-order valence-electron chi connectivity index (χ0n) is 19.6. The second-order valence-corrected chi connectivity index (χ2v) is 10.5. The molecule has 1 amide bonds. The topological polar surface area (TPSA) is 81.7 Å². The minimum atomic E-state index is -3.94. The SMILES string of the molecule is C=CC[C@@H]([C@H](CCc1ccccc1)NC(=O)OCc1ccccc1)S(=O)(=O)OC1CCCCC1. The van der Waals surface area contributed by atoms with Gasteiger partial charge in [-0.15, -0.1) is 6.58 Å². The van der Waals surface area contributed by atoms with E-state index in [1.165, 1.54) is 0 Å². The average Bonchev–Trinajstić information content (AvgIpc) is 2.85. The van der Waals surface area contributed by atoms with Crippen LogP contribution in [-0.2, 0) is 32.1 Å². The highest BCUT2D eigenvalue weighted by Crippen LogP contribution is 2.26. The number of hydrogen-bond donors (Lipinski definition) is 1. The van der Waals surface area contributed by atoms with Crippen molar-refractivity contribution in [2.45, 2.75) is 75.4 Å². The van der Waals surface area contributed by atoms with Crippen molar-refractivity contribution in [2.24, 2.45) is 0 Å². The molecule has 1 aliphatic carbocycles. The molecule has 0 radical (unpaired) electrons. The van der Waals surface area contributed by atoms with Gasteiger partial charge in [-0.05, 0) is 43.2 Å². The minimum absolute atomic E-state index is 0.107. The zero-order chi connectivity index (χ0) is 24.2. The first kappa shape index (κ1) is 26.0. The van der Waals surface area contributed by atoms with Crippen LogP contribution < -0.4 is 5.32 Å². The maximum atomic E-state index is 13.3. The van der Waals surface area contributed by atoms with Gasteiger partial charge in [-0.25, -0.2) is 4.79 Å². The zero-order valence-corrected chi connectivity index (χ0v) is 20.4. The first-order valence-corrected chi connectivity index (χ1v) is 13.5. The highest BCUT2D eigenvalue weighted by Gasteiger charge is 2.36. The summed E-state index contributed by atoms with van der Waals surface area (Å²) >= 11 is 0. The number of carbonyl (C=O) groups is 1. The van der Waals surface area contributed by atoms with Gasteiger partial charge in [0.15, 0.2) is 0 Å². The van der Waals surface area contributed by atoms with Crippen LogP contribution in [0.1, 0.15) is 56.1 Å². The van der Waals surface area contributed by atoms with E-state index < -0.39 is 27.5 Å². The van der Waals surface area contributed by atoms with Crippen molar-refractivity contribution in [3.63, 3.8) is 0 Å². The van der Waals surface area contributed by atoms with Gasteiger partial charge >= 0.3 is 6.09 Å². The number of nitrogens with one attached hydrogen (secondary N) is 1. The average molecular weight is 486 g/mol. The van der Waals surface area contributed by atoms with Crippen LogP contribution in [0.25, 0.3) is 0 Å². The van der Waals surface area contributed by atoms with Crippen LogP contribution in [0.15, 0.2) is 73.3 Å². The molecule has 0 bridgehead atoms. The Labute approximate surface area is 203 Å². The summed E-state index contributed by atoms with van der Waals surface area (Å²) in [4.78, 5) is 12.7. The van der Waals surface area contributed by atoms with Gasteiger partial charge in [-0.3, -0.25) is 4.18 Å². The number of benzene rings is 2. The maximum Gasteiger partial charge on any atom is 0.407 e. The number of allylic oxidation sites excluding steroid dienone is 1. The molecule has 2 aromatic rings. The summed E-state index contributed by atoms with van der Waals surface area (Å²) < 4.78 is 37.7. The Balaban J connectivity index is 1.73. The van der Waals surface area contributed by atoms with Gasteiger partial charge in [0, 0.05) is 0 Å². The standard InChI is InChI=1S/C27H35NO5S/c1-2-12-26(34(30,31)33-24-17-10-5-11-18-24)25(20-19-22-13-6-3-7-14-22)28-27(29)32-21-23-15-8-4-9-16-23/h2-4,6-9,13-16,24-26H,1,5,10-12,17-21H2,(H,28,29)/t25-,26-/m0/s1. The van der Waals surface area contributed by atoms with Gasteiger partial charge < -0.3 is 10.1 Å². The molecule has 2 aromatic carbocycles. The fourth-order valence-electron chi connectivity index (χ4n) is 4.30. The molecule has 2 atom stereocenters. The molecule has 0 saturated heterocycles. The van der Waals surface area contributed by atoms with Gasteiger partial charge in [0.2, 0.25) is 0 Å². The van der Waals surface area contributed by atoms with Crippen LogP contribution in [0.5, 0.6) is 0 Å². The Kier molecular flexibility index (Phi) is 10.2. The normalized spacial score (nSPS) is 16.4. The molecule has 1 aliphatic rings. The van der Waals surface area contributed by atoms with Crippen molar-refractivity contribution in [1.82, 2.24) is 5.32 Å². The number of hydrogen-bond acceptors (Lipinski definition) is 5. The van der Waals surface area contributed by atoms with Gasteiger partial charge in [0.05, 0.1) is 12.1 Å². The van der Waals surface area contributed by atoms with E-state index in [1.54, 1.807) is 6.08 Å². The smallest absolute Gasteiger partial charge is 0.407 e. The molecule has 6 nitrogen and oxygen atoms in total. The molecule has 7 heteroatoms. The van der Waals surface area contributed by atoms with E-state index in [4.69, 9.17) is 8.92 Å². The fraction of sp³-hybridized carbons (Fsp3) is 0.444. The van der Waals surface area contributed by atoms with Gasteiger partial charge in [-0.2, -0.15) is 8.42 Å². The van der Waals surface area contributed by atoms with E-state index in [2.05, 4.69) is 11.9 Å². The summed E-state index contributed by atoms with van der Waals surface area (Å²) in [6, 6.07) is 18.5. The highest BCUT2D eigenvalue weighted by atomic mass is 32.2. The minimum Gasteiger partial charge on any atom is -0.445 e. The fourth-order valence-corrected chi connectivity index (χ4v) is 6.00. The number of ether oxygens (including phenoxy) is 1. The largest absolute Gasteiger partial charge is 0.445 e. The number of amides is 1. The second kappa shape index (κ2) is 13.3. The summed E-state index contributed by atoms with van der Waals surface area (Å²) in [7, 11) is -3.94. The molecule has 0 aliphatic heterocycles. The number of aryl methyl sites for hydroxylation is 1. The van der Waals surface area contributed by atoms with E-state index in [0.717, 1.165) is 43.2 Å². The van der Waals surface area contributed by atoms with Crippen LogP contribution in [0.4, 0.5) is 4.79 Å². The quantitative estimate of drug-likeness (QED) is 0.315. The lowest BCUT2D eigenvalue weighted by Gasteiger charge is -2.29. The Morgan fingerprint density at radius 1 is 1.00 bits per heavy atom. The lowest BCUT2D eigenvalue weighted by molar-refractivity contribution is 0.133. The molecule has 184 valence electrons. The second-order valence-electron chi connectivity index (χ2n) is 8.75. The Hall–Kier alpha value is -2.64. The third kappa shape index (κ3) is 8.29. The number of alkyl carbamates (subject to hydrolysis) is 1. The van der Waals surface area contributed by atoms with Crippen LogP contribution in [-0.4, -0.2) is 31.9 Å². The van der Waals surface area contributed by atoms with Crippen molar-refractivity contribution in [3.05, 3.63) is 84.4 Å². The van der Waals surface area contributed by atoms with Crippen molar-refractivity contribution in [1.29, 1.82) is 0 Å². The van der Waals surface area contributed by atoms with Crippen molar-refractivity contribution in [2.75, 3.05) is 0 Å². The molecule has 3 rings (SSSR count). The van der Waals surface area contributed by atoms with E-state index in [9.17, 15) is 13.2 Å². The van der Waals surface area contributed by atoms with Crippen molar-refractivity contribution >= 4 is 16.2 Å². The number of rotatable bonds is 12. The van der Waals surface area contributed by atoms with E-state index >= 15 is 0 Å². The molecule has 0 heterocycles. The number of carbonyl (C=O) groups excluding carboxylic acids is 1. The van der Waals surface area contributed by atoms with Gasteiger partial charge in [0.25, 0.3) is 10.1 Å². The Morgan fingerprint density at radius 2 is 1.62 bits per heavy atom. The molecular weight excluding hydrogens is 450 g/mol. The van der Waals surface area contributed by atoms with E-state index in [0.29, 0.717) is 12.8 Å². The third-order valence-corrected chi connectivity index (χ3v) is 7.95. The first-order valence-electron chi connectivity index (χ1n) is 12.0. The van der Waals surface area contributed by atoms with Crippen LogP contribution in [0.3, 0.4) is 0 Å². The van der Waals surface area contributed by atoms with Gasteiger partial charge in [-0.1, -0.05) is 86.0 Å². The summed E-state index contributed by atoms with van der Waals surface area (Å²) in [5, 5.41) is 1.87. The first-order chi connectivity index (χ1) is 16.5. The molecule has 1 fully saturated rings. The molecule has 0 aromatic heterocycles. The van der Waals surface area contributed by atoms with Crippen molar-refractivity contribution < 1.29 is 22.1 Å². The molecule has 1 saturated carbocycles. The molecule has 0 unspecified atom stereocenters. The molecule has 34 heavy (non-hydrogen) atoms. The van der Waals surface area contributed by atoms with Gasteiger partial charge in [0.1, 0.15) is 11.9 Å². The summed E-state index contributed by atoms with van der Waals surface area (Å²) in [5.74, 6) is 0. The Morgan fingerprint density at radius 3 is 2.24 bits per heavy atom. The summed E-state index contributed by atoms with van der Waals surface area (Å²) in [5.41, 5.74) is 1.92. The molecular formula is C27H35NO5S. The highest BCUT2D eigenvalue weighted by molar-refractivity contribution is 7.87. The van der Waals surface area contributed by atoms with Crippen LogP contribution in [0.2, 0.25) is 0 Å². The van der Waals surface area contributed by atoms with E-state index in [-0.39, 0.29) is 19.1 Å². The monoisotopic (exact) mass is 485 g/mol. The maximum absolute atomic E-state index is 13.3. The van der Waals surface area contributed by atoms with Crippen LogP contribution in [0, 0.1) is 0 Å². The third-order valence-electron chi connectivity index (χ3n) is 6.14. The van der Waals surface area contributed by atoms with Crippen LogP contribution >= 0.6 is 0 Å². The summed E-state index contributed by atoms with van der Waals surface area (Å²) in [6.07, 6.45) is 6.34.